The minimum atomic E-state index is -0.362. The van der Waals surface area contributed by atoms with Crippen LogP contribution in [0.1, 0.15) is 37.3 Å². The van der Waals surface area contributed by atoms with Gasteiger partial charge in [-0.25, -0.2) is 14.4 Å². The van der Waals surface area contributed by atoms with Gasteiger partial charge in [-0.05, 0) is 74.2 Å². The molecule has 0 spiro atoms. The zero-order chi connectivity index (χ0) is 25.4. The van der Waals surface area contributed by atoms with Gasteiger partial charge in [-0.2, -0.15) is 0 Å². The van der Waals surface area contributed by atoms with Crippen LogP contribution < -0.4 is 21.1 Å². The number of hydrogen-bond acceptors (Lipinski definition) is 7. The molecule has 0 saturated carbocycles. The molecule has 0 aliphatic carbocycles. The summed E-state index contributed by atoms with van der Waals surface area (Å²) in [4.78, 5) is 26.9. The van der Waals surface area contributed by atoms with E-state index in [0.717, 1.165) is 56.6 Å². The quantitative estimate of drug-likeness (QED) is 0.325. The molecule has 0 bridgehead atoms. The van der Waals surface area contributed by atoms with Crippen molar-refractivity contribution in [2.45, 2.75) is 37.8 Å². The topological polar surface area (TPSA) is 106 Å². The summed E-state index contributed by atoms with van der Waals surface area (Å²) in [5.74, 6) is 0.199. The number of aliphatic hydroxyl groups is 1. The predicted molar refractivity (Wildman–Crippen MR) is 143 cm³/mol. The molecule has 4 aromatic rings. The Kier molecular flexibility index (Phi) is 6.31. The van der Waals surface area contributed by atoms with Crippen molar-refractivity contribution in [3.05, 3.63) is 76.6 Å². The molecule has 9 heteroatoms. The summed E-state index contributed by atoms with van der Waals surface area (Å²) in [6, 6.07) is 12.6. The molecule has 1 atom stereocenters. The number of benzene rings is 1. The third-order valence-electron chi connectivity index (χ3n) is 7.30. The van der Waals surface area contributed by atoms with Crippen LogP contribution in [0.2, 0.25) is 0 Å². The van der Waals surface area contributed by atoms with Gasteiger partial charge in [0, 0.05) is 30.9 Å². The monoisotopic (exact) mass is 500 g/mol. The number of piperidine rings is 1. The smallest absolute Gasteiger partial charge is 0.259 e. The molecule has 1 unspecified atom stereocenters. The number of nitrogens with one attached hydrogen (secondary N) is 3. The van der Waals surface area contributed by atoms with Gasteiger partial charge >= 0.3 is 0 Å². The molecule has 2 saturated heterocycles. The van der Waals surface area contributed by atoms with Crippen LogP contribution in [-0.2, 0) is 0 Å². The highest BCUT2D eigenvalue weighted by molar-refractivity contribution is 5.94. The van der Waals surface area contributed by atoms with Gasteiger partial charge in [0.25, 0.3) is 5.56 Å². The molecular weight excluding hydrogens is 471 g/mol. The first-order valence-corrected chi connectivity index (χ1v) is 12.8. The fourth-order valence-electron chi connectivity index (χ4n) is 5.26. The number of rotatable bonds is 5. The van der Waals surface area contributed by atoms with Crippen LogP contribution in [0.25, 0.3) is 22.2 Å². The molecule has 5 heterocycles. The van der Waals surface area contributed by atoms with E-state index >= 15 is 4.39 Å². The average Bonchev–Trinajstić information content (AvgIpc) is 3.45. The van der Waals surface area contributed by atoms with Crippen molar-refractivity contribution < 1.29 is 9.50 Å². The summed E-state index contributed by atoms with van der Waals surface area (Å²) < 4.78 is 15.0. The molecule has 2 aliphatic rings. The Labute approximate surface area is 213 Å². The molecule has 0 radical (unpaired) electrons. The Morgan fingerprint density at radius 3 is 2.70 bits per heavy atom. The second-order valence-electron chi connectivity index (χ2n) is 9.76. The van der Waals surface area contributed by atoms with E-state index in [4.69, 9.17) is 0 Å². The van der Waals surface area contributed by atoms with Crippen LogP contribution in [-0.4, -0.2) is 45.8 Å². The molecule has 1 aromatic carbocycles. The van der Waals surface area contributed by atoms with Crippen LogP contribution in [0, 0.1) is 5.82 Å². The van der Waals surface area contributed by atoms with Crippen molar-refractivity contribution >= 4 is 28.1 Å². The Balaban J connectivity index is 1.36. The van der Waals surface area contributed by atoms with Crippen molar-refractivity contribution in [3.63, 3.8) is 0 Å². The van der Waals surface area contributed by atoms with Crippen LogP contribution in [0.5, 0.6) is 0 Å². The molecule has 4 N–H and O–H groups in total. The number of H-pyrrole nitrogens is 1. The molecule has 0 amide bonds. The van der Waals surface area contributed by atoms with E-state index in [1.165, 1.54) is 6.07 Å². The predicted octanol–water partition coefficient (Wildman–Crippen LogP) is 4.25. The summed E-state index contributed by atoms with van der Waals surface area (Å²) in [6.45, 7) is 2.52. The second kappa shape index (κ2) is 9.91. The Morgan fingerprint density at radius 1 is 1.08 bits per heavy atom. The average molecular weight is 501 g/mol. The van der Waals surface area contributed by atoms with E-state index in [2.05, 4.69) is 30.5 Å². The highest BCUT2D eigenvalue weighted by Gasteiger charge is 2.20. The molecule has 8 nitrogen and oxygen atoms in total. The zero-order valence-corrected chi connectivity index (χ0v) is 20.4. The van der Waals surface area contributed by atoms with Crippen LogP contribution in [0.15, 0.2) is 59.7 Å². The number of aromatic nitrogens is 3. The third kappa shape index (κ3) is 4.80. The SMILES string of the molecule is O=c1[nH]ccc2nc(-c3cc(C4CCCN4)ccc3F)cc(Nc3ccc(N4CCC(O)CC4)cn3)c12. The number of halogens is 1. The van der Waals surface area contributed by atoms with Crippen molar-refractivity contribution in [1.82, 2.24) is 20.3 Å². The normalized spacial score (nSPS) is 18.4. The van der Waals surface area contributed by atoms with Gasteiger partial charge in [0.05, 0.1) is 40.3 Å². The second-order valence-corrected chi connectivity index (χ2v) is 9.76. The summed E-state index contributed by atoms with van der Waals surface area (Å²) >= 11 is 0. The first-order chi connectivity index (χ1) is 18.0. The summed E-state index contributed by atoms with van der Waals surface area (Å²) in [5, 5.41) is 16.9. The lowest BCUT2D eigenvalue weighted by atomic mass is 10.00. The standard InChI is InChI=1S/C28H29FN6O2/c29-21-5-3-17(22-2-1-10-30-22)14-20(21)24-15-25(27-23(33-24)7-11-31-28(27)37)34-26-6-4-18(16-32-26)35-12-8-19(36)9-13-35/h3-7,11,14-16,19,22,30,36H,1-2,8-10,12-13H2,(H,31,37)(H,32,33,34). The number of pyridine rings is 3. The minimum Gasteiger partial charge on any atom is -0.393 e. The molecule has 37 heavy (non-hydrogen) atoms. The molecule has 6 rings (SSSR count). The maximum Gasteiger partial charge on any atom is 0.259 e. The number of fused-ring (bicyclic) bond motifs is 1. The Morgan fingerprint density at radius 2 is 1.95 bits per heavy atom. The fourth-order valence-corrected chi connectivity index (χ4v) is 5.26. The Bertz CT molecular complexity index is 1470. The molecular formula is C28H29FN6O2. The Hall–Kier alpha value is -3.82. The molecule has 190 valence electrons. The number of aromatic amines is 1. The van der Waals surface area contributed by atoms with Crippen LogP contribution >= 0.6 is 0 Å². The highest BCUT2D eigenvalue weighted by Crippen LogP contribution is 2.33. The van der Waals surface area contributed by atoms with Gasteiger partial charge in [-0.1, -0.05) is 6.07 Å². The number of nitrogens with zero attached hydrogens (tertiary/aromatic N) is 3. The van der Waals surface area contributed by atoms with Crippen molar-refractivity contribution in [2.24, 2.45) is 0 Å². The minimum absolute atomic E-state index is 0.200. The van der Waals surface area contributed by atoms with E-state index in [0.29, 0.717) is 33.7 Å². The molecule has 2 fully saturated rings. The van der Waals surface area contributed by atoms with Crippen molar-refractivity contribution in [2.75, 3.05) is 29.9 Å². The summed E-state index contributed by atoms with van der Waals surface area (Å²) in [5.41, 5.74) is 3.54. The van der Waals surface area contributed by atoms with E-state index < -0.39 is 0 Å². The van der Waals surface area contributed by atoms with E-state index in [1.807, 2.05) is 24.3 Å². The highest BCUT2D eigenvalue weighted by atomic mass is 19.1. The van der Waals surface area contributed by atoms with Crippen molar-refractivity contribution in [3.8, 4) is 11.3 Å². The number of aliphatic hydroxyl groups excluding tert-OH is 1. The van der Waals surface area contributed by atoms with Gasteiger partial charge in [-0.3, -0.25) is 4.79 Å². The maximum absolute atomic E-state index is 15.0. The van der Waals surface area contributed by atoms with Crippen molar-refractivity contribution in [1.29, 1.82) is 0 Å². The van der Waals surface area contributed by atoms with Gasteiger partial charge in [0.15, 0.2) is 0 Å². The third-order valence-corrected chi connectivity index (χ3v) is 7.30. The summed E-state index contributed by atoms with van der Waals surface area (Å²) in [6.07, 6.45) is 6.67. The van der Waals surface area contributed by atoms with Crippen LogP contribution in [0.3, 0.4) is 0 Å². The van der Waals surface area contributed by atoms with Gasteiger partial charge in [-0.15, -0.1) is 0 Å². The van der Waals surface area contributed by atoms with E-state index in [-0.39, 0.29) is 23.5 Å². The number of anilines is 3. The van der Waals surface area contributed by atoms with E-state index in [9.17, 15) is 9.90 Å². The maximum atomic E-state index is 15.0. The van der Waals surface area contributed by atoms with Crippen LogP contribution in [0.4, 0.5) is 21.6 Å². The number of hydrogen-bond donors (Lipinski definition) is 4. The lowest BCUT2D eigenvalue weighted by molar-refractivity contribution is 0.145. The largest absolute Gasteiger partial charge is 0.393 e. The lowest BCUT2D eigenvalue weighted by Crippen LogP contribution is -2.35. The molecule has 3 aromatic heterocycles. The van der Waals surface area contributed by atoms with Gasteiger partial charge in [0.1, 0.15) is 11.6 Å². The zero-order valence-electron chi connectivity index (χ0n) is 20.4. The first kappa shape index (κ1) is 23.6. The fraction of sp³-hybridized carbons (Fsp3) is 0.321. The summed E-state index contributed by atoms with van der Waals surface area (Å²) in [7, 11) is 0. The van der Waals surface area contributed by atoms with Gasteiger partial charge < -0.3 is 25.6 Å². The first-order valence-electron chi connectivity index (χ1n) is 12.8. The molecule has 2 aliphatic heterocycles. The lowest BCUT2D eigenvalue weighted by Gasteiger charge is -2.31. The van der Waals surface area contributed by atoms with Gasteiger partial charge in [0.2, 0.25) is 0 Å². The van der Waals surface area contributed by atoms with E-state index in [1.54, 1.807) is 24.5 Å².